The fraction of sp³-hybridized carbons (Fsp3) is 0.333. The second-order valence-electron chi connectivity index (χ2n) is 4.06. The summed E-state index contributed by atoms with van der Waals surface area (Å²) < 4.78 is 0. The predicted octanol–water partition coefficient (Wildman–Crippen LogP) is 1.12. The van der Waals surface area contributed by atoms with E-state index in [1.165, 1.54) is 0 Å². The third kappa shape index (κ3) is 2.22. The van der Waals surface area contributed by atoms with E-state index in [1.807, 2.05) is 12.1 Å². The van der Waals surface area contributed by atoms with E-state index in [0.717, 1.165) is 5.69 Å². The number of hydrogen-bond donors (Lipinski definition) is 2. The summed E-state index contributed by atoms with van der Waals surface area (Å²) in [6.07, 6.45) is 0.440. The average Bonchev–Trinajstić information content (AvgIpc) is 2.74. The Balaban J connectivity index is 2.33. The van der Waals surface area contributed by atoms with Crippen LogP contribution in [0.3, 0.4) is 0 Å². The highest BCUT2D eigenvalue weighted by Gasteiger charge is 2.24. The van der Waals surface area contributed by atoms with Crippen molar-refractivity contribution in [2.24, 2.45) is 0 Å². The van der Waals surface area contributed by atoms with Gasteiger partial charge in [-0.15, -0.1) is 0 Å². The first kappa shape index (κ1) is 11.4. The number of aliphatic carboxylic acids is 1. The van der Waals surface area contributed by atoms with E-state index in [0.29, 0.717) is 18.5 Å². The zero-order chi connectivity index (χ0) is 12.4. The summed E-state index contributed by atoms with van der Waals surface area (Å²) in [6.45, 7) is 2.21. The number of para-hydroxylation sites is 1. The molecule has 0 bridgehead atoms. The Morgan fingerprint density at radius 1 is 1.47 bits per heavy atom. The van der Waals surface area contributed by atoms with Gasteiger partial charge in [0.1, 0.15) is 0 Å². The predicted molar refractivity (Wildman–Crippen MR) is 62.6 cm³/mol. The molecule has 1 aromatic carbocycles. The Morgan fingerprint density at radius 2 is 2.18 bits per heavy atom. The van der Waals surface area contributed by atoms with Crippen molar-refractivity contribution in [2.45, 2.75) is 19.3 Å². The topological polar surface area (TPSA) is 69.6 Å². The van der Waals surface area contributed by atoms with Gasteiger partial charge in [0.25, 0.3) is 0 Å². The Kier molecular flexibility index (Phi) is 2.99. The lowest BCUT2D eigenvalue weighted by Crippen LogP contribution is -2.34. The minimum absolute atomic E-state index is 0.0391. The van der Waals surface area contributed by atoms with E-state index < -0.39 is 11.9 Å². The molecule has 17 heavy (non-hydrogen) atoms. The van der Waals surface area contributed by atoms with Gasteiger partial charge in [-0.25, -0.2) is 0 Å². The van der Waals surface area contributed by atoms with Crippen molar-refractivity contribution < 1.29 is 14.7 Å². The molecular formula is C12H14N2O3. The maximum absolute atomic E-state index is 11.2. The molecule has 2 N–H and O–H groups in total. The molecule has 1 atom stereocenters. The van der Waals surface area contributed by atoms with Gasteiger partial charge in [0.2, 0.25) is 5.91 Å². The lowest BCUT2D eigenvalue weighted by molar-refractivity contribution is -0.138. The molecule has 5 heteroatoms. The van der Waals surface area contributed by atoms with Gasteiger partial charge in [0.15, 0.2) is 0 Å². The highest BCUT2D eigenvalue weighted by Crippen LogP contribution is 2.28. The first-order valence-corrected chi connectivity index (χ1v) is 5.48. The normalized spacial score (nSPS) is 16.8. The molecule has 0 aromatic heterocycles. The minimum atomic E-state index is -0.872. The molecule has 90 valence electrons. The summed E-state index contributed by atoms with van der Waals surface area (Å²) in [4.78, 5) is 22.2. The van der Waals surface area contributed by atoms with Crippen LogP contribution < -0.4 is 10.4 Å². The fourth-order valence-electron chi connectivity index (χ4n) is 1.89. The van der Waals surface area contributed by atoms with Crippen LogP contribution in [0.2, 0.25) is 0 Å². The first-order chi connectivity index (χ1) is 8.09. The SMILES string of the molecule is CC(C(=O)O)c1ccccc1N1CCC(=O)N1. The molecule has 1 heterocycles. The number of nitrogens with one attached hydrogen (secondary N) is 1. The number of benzene rings is 1. The number of carbonyl (C=O) groups is 2. The number of amides is 1. The molecule has 5 nitrogen and oxygen atoms in total. The molecule has 1 aromatic rings. The van der Waals surface area contributed by atoms with Crippen molar-refractivity contribution in [2.75, 3.05) is 11.6 Å². The van der Waals surface area contributed by atoms with Crippen LogP contribution >= 0.6 is 0 Å². The lowest BCUT2D eigenvalue weighted by atomic mass is 9.99. The number of carboxylic acid groups (broad SMARTS) is 1. The van der Waals surface area contributed by atoms with Gasteiger partial charge >= 0.3 is 5.97 Å². The molecular weight excluding hydrogens is 220 g/mol. The second-order valence-corrected chi connectivity index (χ2v) is 4.06. The standard InChI is InChI=1S/C12H14N2O3/c1-8(12(16)17)9-4-2-3-5-10(9)14-7-6-11(15)13-14/h2-5,8H,6-7H2,1H3,(H,13,15)(H,16,17). The minimum Gasteiger partial charge on any atom is -0.481 e. The molecule has 0 saturated carbocycles. The van der Waals surface area contributed by atoms with Crippen molar-refractivity contribution in [3.8, 4) is 0 Å². The Hall–Kier alpha value is -2.04. The summed E-state index contributed by atoms with van der Waals surface area (Å²) in [6, 6.07) is 7.23. The number of carbonyl (C=O) groups excluding carboxylic acids is 1. The van der Waals surface area contributed by atoms with Crippen LogP contribution in [0.4, 0.5) is 5.69 Å². The van der Waals surface area contributed by atoms with Gasteiger partial charge in [-0.3, -0.25) is 20.0 Å². The van der Waals surface area contributed by atoms with E-state index in [9.17, 15) is 9.59 Å². The van der Waals surface area contributed by atoms with Crippen LogP contribution in [-0.4, -0.2) is 23.5 Å². The van der Waals surface area contributed by atoms with Crippen molar-refractivity contribution >= 4 is 17.6 Å². The second kappa shape index (κ2) is 4.45. The molecule has 1 amide bonds. The van der Waals surface area contributed by atoms with Crippen molar-refractivity contribution in [1.29, 1.82) is 0 Å². The summed E-state index contributed by atoms with van der Waals surface area (Å²) in [5, 5.41) is 10.8. The molecule has 1 fully saturated rings. The van der Waals surface area contributed by atoms with Gasteiger partial charge < -0.3 is 5.11 Å². The van der Waals surface area contributed by atoms with Crippen molar-refractivity contribution in [1.82, 2.24) is 5.43 Å². The number of hydrogen-bond acceptors (Lipinski definition) is 3. The third-order valence-corrected chi connectivity index (χ3v) is 2.89. The highest BCUT2D eigenvalue weighted by molar-refractivity contribution is 5.83. The van der Waals surface area contributed by atoms with E-state index in [2.05, 4.69) is 5.43 Å². The van der Waals surface area contributed by atoms with Crippen molar-refractivity contribution in [3.63, 3.8) is 0 Å². The van der Waals surface area contributed by atoms with Gasteiger partial charge in [-0.05, 0) is 18.6 Å². The zero-order valence-corrected chi connectivity index (χ0v) is 9.51. The van der Waals surface area contributed by atoms with Gasteiger partial charge in [0.05, 0.1) is 11.6 Å². The molecule has 0 radical (unpaired) electrons. The smallest absolute Gasteiger partial charge is 0.310 e. The first-order valence-electron chi connectivity index (χ1n) is 5.48. The Labute approximate surface area is 99.0 Å². The quantitative estimate of drug-likeness (QED) is 0.822. The van der Waals surface area contributed by atoms with Gasteiger partial charge in [-0.2, -0.15) is 0 Å². The van der Waals surface area contributed by atoms with Crippen LogP contribution in [0.1, 0.15) is 24.8 Å². The van der Waals surface area contributed by atoms with E-state index in [-0.39, 0.29) is 5.91 Å². The van der Waals surface area contributed by atoms with Crippen LogP contribution in [0.25, 0.3) is 0 Å². The number of anilines is 1. The summed E-state index contributed by atoms with van der Waals surface area (Å²) >= 11 is 0. The van der Waals surface area contributed by atoms with E-state index in [1.54, 1.807) is 24.1 Å². The maximum atomic E-state index is 11.2. The van der Waals surface area contributed by atoms with Crippen LogP contribution in [-0.2, 0) is 9.59 Å². The average molecular weight is 234 g/mol. The lowest BCUT2D eigenvalue weighted by Gasteiger charge is -2.22. The molecule has 2 rings (SSSR count). The number of hydrazine groups is 1. The third-order valence-electron chi connectivity index (χ3n) is 2.89. The van der Waals surface area contributed by atoms with E-state index in [4.69, 9.17) is 5.11 Å². The maximum Gasteiger partial charge on any atom is 0.310 e. The largest absolute Gasteiger partial charge is 0.481 e. The number of rotatable bonds is 3. The van der Waals surface area contributed by atoms with Gasteiger partial charge in [-0.1, -0.05) is 18.2 Å². The fourth-order valence-corrected chi connectivity index (χ4v) is 1.89. The Bertz CT molecular complexity index is 459. The molecule has 0 spiro atoms. The summed E-state index contributed by atoms with van der Waals surface area (Å²) in [5.74, 6) is -1.51. The monoisotopic (exact) mass is 234 g/mol. The molecule has 1 unspecified atom stereocenters. The molecule has 1 aliphatic heterocycles. The summed E-state index contributed by atoms with van der Waals surface area (Å²) in [5.41, 5.74) is 4.17. The molecule has 1 aliphatic rings. The van der Waals surface area contributed by atoms with Crippen molar-refractivity contribution in [3.05, 3.63) is 29.8 Å². The number of carboxylic acids is 1. The van der Waals surface area contributed by atoms with Crippen LogP contribution in [0, 0.1) is 0 Å². The van der Waals surface area contributed by atoms with Crippen LogP contribution in [0.5, 0.6) is 0 Å². The summed E-state index contributed by atoms with van der Waals surface area (Å²) in [7, 11) is 0. The van der Waals surface area contributed by atoms with E-state index >= 15 is 0 Å². The van der Waals surface area contributed by atoms with Crippen LogP contribution in [0.15, 0.2) is 24.3 Å². The number of nitrogens with zero attached hydrogens (tertiary/aromatic N) is 1. The van der Waals surface area contributed by atoms with Gasteiger partial charge in [0, 0.05) is 13.0 Å². The zero-order valence-electron chi connectivity index (χ0n) is 9.51. The highest BCUT2D eigenvalue weighted by atomic mass is 16.4. The Morgan fingerprint density at radius 3 is 2.76 bits per heavy atom. The molecule has 0 aliphatic carbocycles. The molecule has 1 saturated heterocycles.